The molecule has 0 fully saturated rings. The molecule has 0 aliphatic heterocycles. The maximum atomic E-state index is 12.4. The fourth-order valence-electron chi connectivity index (χ4n) is 2.07. The second-order valence-corrected chi connectivity index (χ2v) is 8.15. The van der Waals surface area contributed by atoms with E-state index in [2.05, 4.69) is 10.6 Å². The number of carbonyl (C=O) groups is 2. The van der Waals surface area contributed by atoms with Crippen LogP contribution >= 0.6 is 0 Å². The van der Waals surface area contributed by atoms with Gasteiger partial charge in [0.25, 0.3) is 0 Å². The number of nitrogens with one attached hydrogen (secondary N) is 2. The van der Waals surface area contributed by atoms with Gasteiger partial charge in [-0.25, -0.2) is 0 Å². The van der Waals surface area contributed by atoms with Gasteiger partial charge in [0.2, 0.25) is 11.8 Å². The summed E-state index contributed by atoms with van der Waals surface area (Å²) in [4.78, 5) is 24.8. The minimum atomic E-state index is -0.517. The minimum absolute atomic E-state index is 0.0935. The van der Waals surface area contributed by atoms with Crippen LogP contribution in [0, 0.1) is 10.8 Å². The Kier molecular flexibility index (Phi) is 4.70. The number of hydrogen-bond donors (Lipinski definition) is 2. The van der Waals surface area contributed by atoms with Gasteiger partial charge in [-0.1, -0.05) is 65.8 Å². The molecule has 2 aromatic rings. The Morgan fingerprint density at radius 2 is 1.04 bits per heavy atom. The summed E-state index contributed by atoms with van der Waals surface area (Å²) in [5, 5.41) is 7.91. The Labute approximate surface area is 143 Å². The van der Waals surface area contributed by atoms with Crippen LogP contribution in [0.5, 0.6) is 0 Å². The van der Waals surface area contributed by atoms with Gasteiger partial charge in [-0.05, 0) is 22.9 Å². The fraction of sp³-hybridized carbons (Fsp3) is 0.400. The SMILES string of the molecule is CC(C)(C)C(=O)Nc1cc2ccccc2cc1NC(=O)C(C)(C)C. The summed E-state index contributed by atoms with van der Waals surface area (Å²) in [6.45, 7) is 11.1. The predicted molar refractivity (Wildman–Crippen MR) is 100 cm³/mol. The zero-order valence-corrected chi connectivity index (χ0v) is 15.3. The first-order valence-corrected chi connectivity index (χ1v) is 8.14. The number of amides is 2. The van der Waals surface area contributed by atoms with Gasteiger partial charge in [-0.3, -0.25) is 9.59 Å². The van der Waals surface area contributed by atoms with E-state index in [0.29, 0.717) is 11.4 Å². The van der Waals surface area contributed by atoms with Gasteiger partial charge in [0.05, 0.1) is 11.4 Å². The van der Waals surface area contributed by atoms with E-state index in [-0.39, 0.29) is 11.8 Å². The first-order valence-electron chi connectivity index (χ1n) is 8.14. The second-order valence-electron chi connectivity index (χ2n) is 8.15. The lowest BCUT2D eigenvalue weighted by Crippen LogP contribution is -2.30. The number of hydrogen-bond acceptors (Lipinski definition) is 2. The Morgan fingerprint density at radius 3 is 1.33 bits per heavy atom. The van der Waals surface area contributed by atoms with Crippen molar-refractivity contribution in [1.82, 2.24) is 0 Å². The van der Waals surface area contributed by atoms with Crippen molar-refractivity contribution in [2.45, 2.75) is 41.5 Å². The zero-order valence-electron chi connectivity index (χ0n) is 15.3. The molecule has 2 amide bonds. The maximum Gasteiger partial charge on any atom is 0.229 e. The summed E-state index contributed by atoms with van der Waals surface area (Å²) in [7, 11) is 0. The molecule has 2 aromatic carbocycles. The molecular formula is C20H26N2O2. The summed E-state index contributed by atoms with van der Waals surface area (Å²) in [5.74, 6) is -0.187. The standard InChI is InChI=1S/C20H26N2O2/c1-19(2,3)17(23)21-15-11-13-9-7-8-10-14(13)12-16(15)22-18(24)20(4,5)6/h7-12H,1-6H3,(H,21,23)(H,22,24). The maximum absolute atomic E-state index is 12.4. The number of rotatable bonds is 2. The van der Waals surface area contributed by atoms with Gasteiger partial charge >= 0.3 is 0 Å². The summed E-state index contributed by atoms with van der Waals surface area (Å²) < 4.78 is 0. The molecule has 4 heteroatoms. The molecule has 0 aliphatic rings. The molecule has 0 atom stereocenters. The van der Waals surface area contributed by atoms with E-state index in [4.69, 9.17) is 0 Å². The largest absolute Gasteiger partial charge is 0.324 e. The molecule has 0 aliphatic carbocycles. The normalized spacial score (nSPS) is 12.1. The molecular weight excluding hydrogens is 300 g/mol. The lowest BCUT2D eigenvalue weighted by Gasteiger charge is -2.22. The highest BCUT2D eigenvalue weighted by Crippen LogP contribution is 2.31. The van der Waals surface area contributed by atoms with Gasteiger partial charge < -0.3 is 10.6 Å². The van der Waals surface area contributed by atoms with Gasteiger partial charge in [-0.2, -0.15) is 0 Å². The van der Waals surface area contributed by atoms with Crippen molar-refractivity contribution in [2.24, 2.45) is 10.8 Å². The van der Waals surface area contributed by atoms with E-state index < -0.39 is 10.8 Å². The number of benzene rings is 2. The number of fused-ring (bicyclic) bond motifs is 1. The Balaban J connectivity index is 2.48. The lowest BCUT2D eigenvalue weighted by atomic mass is 9.94. The van der Waals surface area contributed by atoms with Crippen LogP contribution in [-0.4, -0.2) is 11.8 Å². The monoisotopic (exact) mass is 326 g/mol. The molecule has 24 heavy (non-hydrogen) atoms. The van der Waals surface area contributed by atoms with Crippen LogP contribution in [0.4, 0.5) is 11.4 Å². The Hall–Kier alpha value is -2.36. The van der Waals surface area contributed by atoms with Crippen molar-refractivity contribution in [3.05, 3.63) is 36.4 Å². The highest BCUT2D eigenvalue weighted by molar-refractivity contribution is 6.06. The third-order valence-corrected chi connectivity index (χ3v) is 3.74. The van der Waals surface area contributed by atoms with E-state index in [0.717, 1.165) is 10.8 Å². The summed E-state index contributed by atoms with van der Waals surface area (Å²) in [6, 6.07) is 11.7. The Morgan fingerprint density at radius 1 is 0.708 bits per heavy atom. The molecule has 0 spiro atoms. The molecule has 0 saturated heterocycles. The van der Waals surface area contributed by atoms with Crippen molar-refractivity contribution >= 4 is 34.0 Å². The average Bonchev–Trinajstić information content (AvgIpc) is 2.45. The van der Waals surface area contributed by atoms with E-state index in [1.807, 2.05) is 77.9 Å². The summed E-state index contributed by atoms with van der Waals surface area (Å²) in [5.41, 5.74) is 0.200. The summed E-state index contributed by atoms with van der Waals surface area (Å²) in [6.07, 6.45) is 0. The van der Waals surface area contributed by atoms with E-state index in [1.54, 1.807) is 0 Å². The zero-order chi connectivity index (χ0) is 18.1. The van der Waals surface area contributed by atoms with Crippen molar-refractivity contribution in [3.8, 4) is 0 Å². The number of carbonyl (C=O) groups excluding carboxylic acids is 2. The Bertz CT molecular complexity index is 714. The first kappa shape index (κ1) is 18.0. The van der Waals surface area contributed by atoms with Crippen molar-refractivity contribution in [2.75, 3.05) is 10.6 Å². The molecule has 0 bridgehead atoms. The molecule has 0 radical (unpaired) electrons. The number of anilines is 2. The van der Waals surface area contributed by atoms with Crippen LogP contribution < -0.4 is 10.6 Å². The second kappa shape index (κ2) is 6.27. The lowest BCUT2D eigenvalue weighted by molar-refractivity contribution is -0.124. The fourth-order valence-corrected chi connectivity index (χ4v) is 2.07. The van der Waals surface area contributed by atoms with Crippen LogP contribution in [0.2, 0.25) is 0 Å². The highest BCUT2D eigenvalue weighted by atomic mass is 16.2. The van der Waals surface area contributed by atoms with E-state index >= 15 is 0 Å². The highest BCUT2D eigenvalue weighted by Gasteiger charge is 2.25. The van der Waals surface area contributed by atoms with Gasteiger partial charge in [-0.15, -0.1) is 0 Å². The van der Waals surface area contributed by atoms with Crippen LogP contribution in [-0.2, 0) is 9.59 Å². The predicted octanol–water partition coefficient (Wildman–Crippen LogP) is 4.81. The molecule has 2 rings (SSSR count). The quantitative estimate of drug-likeness (QED) is 0.832. The van der Waals surface area contributed by atoms with E-state index in [9.17, 15) is 9.59 Å². The summed E-state index contributed by atoms with van der Waals surface area (Å²) >= 11 is 0. The molecule has 2 N–H and O–H groups in total. The van der Waals surface area contributed by atoms with Gasteiger partial charge in [0.1, 0.15) is 0 Å². The molecule has 128 valence electrons. The molecule has 0 heterocycles. The van der Waals surface area contributed by atoms with Crippen LogP contribution in [0.1, 0.15) is 41.5 Å². The molecule has 0 unspecified atom stereocenters. The van der Waals surface area contributed by atoms with Crippen molar-refractivity contribution < 1.29 is 9.59 Å². The molecule has 0 saturated carbocycles. The molecule has 0 aromatic heterocycles. The van der Waals surface area contributed by atoms with Crippen LogP contribution in [0.15, 0.2) is 36.4 Å². The third-order valence-electron chi connectivity index (χ3n) is 3.74. The third kappa shape index (κ3) is 4.13. The average molecular weight is 326 g/mol. The first-order chi connectivity index (χ1) is 11.0. The van der Waals surface area contributed by atoms with E-state index in [1.165, 1.54) is 0 Å². The van der Waals surface area contributed by atoms with Crippen molar-refractivity contribution in [3.63, 3.8) is 0 Å². The van der Waals surface area contributed by atoms with Gasteiger partial charge in [0.15, 0.2) is 0 Å². The molecule has 4 nitrogen and oxygen atoms in total. The van der Waals surface area contributed by atoms with Crippen molar-refractivity contribution in [1.29, 1.82) is 0 Å². The van der Waals surface area contributed by atoms with Crippen LogP contribution in [0.3, 0.4) is 0 Å². The topological polar surface area (TPSA) is 58.2 Å². The minimum Gasteiger partial charge on any atom is -0.324 e. The van der Waals surface area contributed by atoms with Gasteiger partial charge in [0, 0.05) is 10.8 Å². The van der Waals surface area contributed by atoms with Crippen LogP contribution in [0.25, 0.3) is 10.8 Å². The smallest absolute Gasteiger partial charge is 0.229 e.